The maximum absolute atomic E-state index is 13.7. The second-order valence-corrected chi connectivity index (χ2v) is 7.51. The van der Waals surface area contributed by atoms with Crippen molar-refractivity contribution in [2.24, 2.45) is 5.10 Å². The van der Waals surface area contributed by atoms with Crippen molar-refractivity contribution in [1.29, 1.82) is 0 Å². The fraction of sp³-hybridized carbons (Fsp3) is 0.200. The number of methoxy groups -OCH3 is 3. The summed E-state index contributed by atoms with van der Waals surface area (Å²) in [6.45, 7) is 0. The Labute approximate surface area is 196 Å². The number of nitro groups is 1. The van der Waals surface area contributed by atoms with Crippen molar-refractivity contribution in [3.63, 3.8) is 0 Å². The summed E-state index contributed by atoms with van der Waals surface area (Å²) in [5.41, 5.74) is 2.08. The fourth-order valence-corrected chi connectivity index (χ4v) is 4.02. The van der Waals surface area contributed by atoms with Crippen molar-refractivity contribution in [3.05, 3.63) is 93.5 Å². The highest BCUT2D eigenvalue weighted by molar-refractivity contribution is 6.05. The van der Waals surface area contributed by atoms with E-state index in [-0.39, 0.29) is 11.3 Å². The quantitative estimate of drug-likeness (QED) is 0.376. The average Bonchev–Trinajstić information content (AvgIpc) is 3.33. The first kappa shape index (κ1) is 22.8. The predicted octanol–water partition coefficient (Wildman–Crippen LogP) is 4.61. The predicted molar refractivity (Wildman–Crippen MR) is 126 cm³/mol. The van der Waals surface area contributed by atoms with Gasteiger partial charge in [-0.3, -0.25) is 14.9 Å². The molecule has 3 aromatic carbocycles. The maximum Gasteiger partial charge on any atom is 0.274 e. The van der Waals surface area contributed by atoms with Crippen LogP contribution in [0.1, 0.15) is 33.9 Å². The molecule has 0 saturated heterocycles. The number of hydrogen-bond donors (Lipinski definition) is 0. The summed E-state index contributed by atoms with van der Waals surface area (Å²) in [4.78, 5) is 25.0. The summed E-state index contributed by atoms with van der Waals surface area (Å²) >= 11 is 0. The molecule has 4 rings (SSSR count). The zero-order valence-corrected chi connectivity index (χ0v) is 18.9. The molecule has 1 aliphatic heterocycles. The molecule has 0 fully saturated rings. The normalized spacial score (nSPS) is 15.0. The van der Waals surface area contributed by atoms with Gasteiger partial charge in [0, 0.05) is 18.1 Å². The molecule has 1 unspecified atom stereocenters. The minimum atomic E-state index is -0.664. The highest BCUT2D eigenvalue weighted by atomic mass is 16.6. The van der Waals surface area contributed by atoms with E-state index in [1.165, 1.54) is 44.5 Å². The van der Waals surface area contributed by atoms with Crippen LogP contribution in [0.4, 0.5) is 5.69 Å². The number of rotatable bonds is 7. The molecule has 34 heavy (non-hydrogen) atoms. The fourth-order valence-electron chi connectivity index (χ4n) is 4.02. The Kier molecular flexibility index (Phi) is 6.44. The Morgan fingerprint density at radius 1 is 0.971 bits per heavy atom. The van der Waals surface area contributed by atoms with Crippen molar-refractivity contribution in [3.8, 4) is 17.2 Å². The molecule has 0 aromatic heterocycles. The van der Waals surface area contributed by atoms with Crippen LogP contribution in [0.5, 0.6) is 17.2 Å². The summed E-state index contributed by atoms with van der Waals surface area (Å²) in [7, 11) is 4.40. The van der Waals surface area contributed by atoms with Gasteiger partial charge in [-0.2, -0.15) is 5.10 Å². The Morgan fingerprint density at radius 3 is 2.18 bits per heavy atom. The Bertz CT molecular complexity index is 1230. The molecule has 1 heterocycles. The van der Waals surface area contributed by atoms with E-state index in [1.807, 2.05) is 30.3 Å². The molecule has 0 N–H and O–H groups in total. The lowest BCUT2D eigenvalue weighted by Gasteiger charge is -2.23. The summed E-state index contributed by atoms with van der Waals surface area (Å²) in [5.74, 6) is 0.540. The SMILES string of the molecule is COc1cc(C(=O)N2N=C(c3ccccc3)CC2c2ccccc2[N+](=O)[O-])cc(OC)c1OC. The summed E-state index contributed by atoms with van der Waals surface area (Å²) in [5, 5.41) is 17.6. The lowest BCUT2D eigenvalue weighted by atomic mass is 9.97. The smallest absolute Gasteiger partial charge is 0.274 e. The lowest BCUT2D eigenvalue weighted by molar-refractivity contribution is -0.385. The first-order valence-electron chi connectivity index (χ1n) is 10.5. The van der Waals surface area contributed by atoms with Crippen LogP contribution in [-0.4, -0.2) is 42.9 Å². The summed E-state index contributed by atoms with van der Waals surface area (Å²) in [6, 6.07) is 18.2. The Balaban J connectivity index is 1.83. The van der Waals surface area contributed by atoms with Crippen molar-refractivity contribution >= 4 is 17.3 Å². The highest BCUT2D eigenvalue weighted by Crippen LogP contribution is 2.41. The number of amides is 1. The van der Waals surface area contributed by atoms with Crippen LogP contribution >= 0.6 is 0 Å². The first-order valence-corrected chi connectivity index (χ1v) is 10.5. The second-order valence-electron chi connectivity index (χ2n) is 7.51. The van der Waals surface area contributed by atoms with Gasteiger partial charge >= 0.3 is 0 Å². The topological polar surface area (TPSA) is 104 Å². The third-order valence-corrected chi connectivity index (χ3v) is 5.63. The third-order valence-electron chi connectivity index (χ3n) is 5.63. The van der Waals surface area contributed by atoms with E-state index in [0.717, 1.165) is 5.56 Å². The van der Waals surface area contributed by atoms with Gasteiger partial charge in [0.05, 0.1) is 43.6 Å². The van der Waals surface area contributed by atoms with Crippen LogP contribution in [0, 0.1) is 10.1 Å². The van der Waals surface area contributed by atoms with Crippen LogP contribution in [0.2, 0.25) is 0 Å². The average molecular weight is 461 g/mol. The number of carbonyl (C=O) groups excluding carboxylic acids is 1. The van der Waals surface area contributed by atoms with E-state index >= 15 is 0 Å². The number of nitrogens with zero attached hydrogens (tertiary/aromatic N) is 3. The monoisotopic (exact) mass is 461 g/mol. The summed E-state index contributed by atoms with van der Waals surface area (Å²) < 4.78 is 16.1. The maximum atomic E-state index is 13.7. The van der Waals surface area contributed by atoms with Crippen molar-refractivity contribution < 1.29 is 23.9 Å². The molecular weight excluding hydrogens is 438 g/mol. The van der Waals surface area contributed by atoms with Gasteiger partial charge in [0.15, 0.2) is 11.5 Å². The van der Waals surface area contributed by atoms with Crippen molar-refractivity contribution in [1.82, 2.24) is 5.01 Å². The van der Waals surface area contributed by atoms with E-state index in [1.54, 1.807) is 18.2 Å². The minimum absolute atomic E-state index is 0.0697. The van der Waals surface area contributed by atoms with Crippen molar-refractivity contribution in [2.45, 2.75) is 12.5 Å². The molecule has 1 aliphatic rings. The molecule has 0 radical (unpaired) electrons. The number of carbonyl (C=O) groups is 1. The number of para-hydroxylation sites is 1. The van der Waals surface area contributed by atoms with E-state index in [9.17, 15) is 14.9 Å². The van der Waals surface area contributed by atoms with Crippen molar-refractivity contribution in [2.75, 3.05) is 21.3 Å². The standard InChI is InChI=1S/C25H23N3O6/c1-32-22-13-17(14-23(33-2)24(22)34-3)25(29)27-21(18-11-7-8-12-20(18)28(30)31)15-19(26-27)16-9-5-4-6-10-16/h4-14,21H,15H2,1-3H3. The van der Waals surface area contributed by atoms with Gasteiger partial charge in [-0.15, -0.1) is 0 Å². The Morgan fingerprint density at radius 2 is 1.59 bits per heavy atom. The number of hydrogen-bond acceptors (Lipinski definition) is 7. The molecular formula is C25H23N3O6. The van der Waals surface area contributed by atoms with Gasteiger partial charge in [-0.25, -0.2) is 5.01 Å². The molecule has 0 saturated carbocycles. The molecule has 0 spiro atoms. The molecule has 1 amide bonds. The van der Waals surface area contributed by atoms with Crippen LogP contribution in [0.3, 0.4) is 0 Å². The summed E-state index contributed by atoms with van der Waals surface area (Å²) in [6.07, 6.45) is 0.324. The molecule has 1 atom stereocenters. The van der Waals surface area contributed by atoms with E-state index in [0.29, 0.717) is 34.9 Å². The van der Waals surface area contributed by atoms with Gasteiger partial charge in [0.25, 0.3) is 11.6 Å². The molecule has 9 nitrogen and oxygen atoms in total. The molecule has 0 bridgehead atoms. The minimum Gasteiger partial charge on any atom is -0.493 e. The number of hydrazone groups is 1. The number of ether oxygens (including phenoxy) is 3. The molecule has 174 valence electrons. The van der Waals surface area contributed by atoms with Gasteiger partial charge in [0.2, 0.25) is 5.75 Å². The second kappa shape index (κ2) is 9.62. The van der Waals surface area contributed by atoms with E-state index in [2.05, 4.69) is 5.10 Å². The Hall–Kier alpha value is -4.40. The lowest BCUT2D eigenvalue weighted by Crippen LogP contribution is -2.27. The van der Waals surface area contributed by atoms with Gasteiger partial charge < -0.3 is 14.2 Å². The number of nitro benzene ring substituents is 1. The van der Waals surface area contributed by atoms with Gasteiger partial charge in [-0.05, 0) is 23.8 Å². The van der Waals surface area contributed by atoms with E-state index in [4.69, 9.17) is 14.2 Å². The molecule has 3 aromatic rings. The van der Waals surface area contributed by atoms with Crippen LogP contribution in [-0.2, 0) is 0 Å². The van der Waals surface area contributed by atoms with Crippen LogP contribution in [0.25, 0.3) is 0 Å². The van der Waals surface area contributed by atoms with E-state index < -0.39 is 16.9 Å². The van der Waals surface area contributed by atoms with Crippen LogP contribution < -0.4 is 14.2 Å². The molecule has 9 heteroatoms. The largest absolute Gasteiger partial charge is 0.493 e. The van der Waals surface area contributed by atoms with Gasteiger partial charge in [-0.1, -0.05) is 42.5 Å². The zero-order valence-electron chi connectivity index (χ0n) is 18.9. The molecule has 0 aliphatic carbocycles. The zero-order chi connectivity index (χ0) is 24.2. The number of benzene rings is 3. The first-order chi connectivity index (χ1) is 16.5. The van der Waals surface area contributed by atoms with Gasteiger partial charge in [0.1, 0.15) is 0 Å². The van der Waals surface area contributed by atoms with Crippen LogP contribution in [0.15, 0.2) is 71.8 Å². The highest BCUT2D eigenvalue weighted by Gasteiger charge is 2.37. The third kappa shape index (κ3) is 4.15.